The first-order valence-electron chi connectivity index (χ1n) is 8.39. The molecule has 0 radical (unpaired) electrons. The Morgan fingerprint density at radius 1 is 0.840 bits per heavy atom. The van der Waals surface area contributed by atoms with Crippen LogP contribution in [-0.2, 0) is 13.2 Å². The van der Waals surface area contributed by atoms with Gasteiger partial charge in [0.1, 0.15) is 18.2 Å². The Morgan fingerprint density at radius 2 is 1.56 bits per heavy atom. The van der Waals surface area contributed by atoms with Crippen molar-refractivity contribution >= 4 is 5.69 Å². The van der Waals surface area contributed by atoms with E-state index in [0.29, 0.717) is 12.1 Å². The molecular weight excluding hydrogens is 313 g/mol. The summed E-state index contributed by atoms with van der Waals surface area (Å²) in [6, 6.07) is 20.8. The smallest absolute Gasteiger partial charge is 0.129 e. The van der Waals surface area contributed by atoms with E-state index >= 15 is 0 Å². The van der Waals surface area contributed by atoms with Crippen LogP contribution in [0.4, 0.5) is 10.1 Å². The zero-order chi connectivity index (χ0) is 17.6. The van der Waals surface area contributed by atoms with E-state index in [1.165, 1.54) is 17.2 Å². The van der Waals surface area contributed by atoms with Crippen LogP contribution in [0.3, 0.4) is 0 Å². The van der Waals surface area contributed by atoms with Gasteiger partial charge in [-0.3, -0.25) is 0 Å². The lowest BCUT2D eigenvalue weighted by atomic mass is 10.1. The Hall–Kier alpha value is -2.81. The molecule has 128 valence electrons. The van der Waals surface area contributed by atoms with E-state index < -0.39 is 0 Å². The molecule has 3 rings (SSSR count). The third kappa shape index (κ3) is 4.18. The van der Waals surface area contributed by atoms with Crippen molar-refractivity contribution in [3.8, 4) is 5.75 Å². The molecule has 2 nitrogen and oxygen atoms in total. The maximum atomic E-state index is 13.8. The van der Waals surface area contributed by atoms with Gasteiger partial charge in [-0.2, -0.15) is 0 Å². The maximum absolute atomic E-state index is 13.8. The fourth-order valence-electron chi connectivity index (χ4n) is 2.69. The molecule has 25 heavy (non-hydrogen) atoms. The molecule has 0 saturated carbocycles. The predicted octanol–water partition coefficient (Wildman–Crippen LogP) is 5.63. The lowest BCUT2D eigenvalue weighted by molar-refractivity contribution is 0.297. The second-order valence-electron chi connectivity index (χ2n) is 6.09. The van der Waals surface area contributed by atoms with Gasteiger partial charge in [-0.15, -0.1) is 0 Å². The van der Waals surface area contributed by atoms with Crippen LogP contribution in [0, 0.1) is 19.7 Å². The number of halogens is 1. The second-order valence-corrected chi connectivity index (χ2v) is 6.09. The average molecular weight is 335 g/mol. The molecule has 0 amide bonds. The molecule has 0 spiro atoms. The maximum Gasteiger partial charge on any atom is 0.129 e. The normalized spacial score (nSPS) is 10.5. The minimum absolute atomic E-state index is 0.215. The van der Waals surface area contributed by atoms with Gasteiger partial charge in [0, 0.05) is 23.4 Å². The predicted molar refractivity (Wildman–Crippen MR) is 100 cm³/mol. The summed E-state index contributed by atoms with van der Waals surface area (Å²) in [4.78, 5) is 0. The number of para-hydroxylation sites is 1. The molecule has 0 saturated heterocycles. The number of rotatable bonds is 6. The van der Waals surface area contributed by atoms with Gasteiger partial charge < -0.3 is 10.1 Å². The van der Waals surface area contributed by atoms with Gasteiger partial charge in [-0.1, -0.05) is 48.5 Å². The Morgan fingerprint density at radius 3 is 2.36 bits per heavy atom. The molecule has 3 aromatic carbocycles. The van der Waals surface area contributed by atoms with Gasteiger partial charge in [-0.05, 0) is 43.2 Å². The van der Waals surface area contributed by atoms with Gasteiger partial charge in [0.15, 0.2) is 0 Å². The zero-order valence-corrected chi connectivity index (χ0v) is 14.6. The number of hydrogen-bond acceptors (Lipinski definition) is 2. The van der Waals surface area contributed by atoms with Crippen LogP contribution in [0.5, 0.6) is 5.75 Å². The summed E-state index contributed by atoms with van der Waals surface area (Å²) in [6.07, 6.45) is 0. The van der Waals surface area contributed by atoms with Crippen molar-refractivity contribution in [2.75, 3.05) is 5.32 Å². The van der Waals surface area contributed by atoms with Crippen molar-refractivity contribution in [3.63, 3.8) is 0 Å². The highest BCUT2D eigenvalue weighted by Crippen LogP contribution is 2.23. The molecule has 3 heteroatoms. The number of benzene rings is 3. The topological polar surface area (TPSA) is 21.3 Å². The van der Waals surface area contributed by atoms with Crippen LogP contribution in [-0.4, -0.2) is 0 Å². The van der Waals surface area contributed by atoms with Gasteiger partial charge in [0.25, 0.3) is 0 Å². The van der Waals surface area contributed by atoms with Crippen molar-refractivity contribution in [1.29, 1.82) is 0 Å². The monoisotopic (exact) mass is 335 g/mol. The summed E-state index contributed by atoms with van der Waals surface area (Å²) in [5.41, 5.74) is 5.21. The summed E-state index contributed by atoms with van der Waals surface area (Å²) >= 11 is 0. The molecule has 0 fully saturated rings. The Bertz CT molecular complexity index is 860. The highest BCUT2D eigenvalue weighted by molar-refractivity contribution is 5.54. The zero-order valence-electron chi connectivity index (χ0n) is 14.6. The minimum Gasteiger partial charge on any atom is -0.488 e. The largest absolute Gasteiger partial charge is 0.488 e. The Labute approximate surface area is 148 Å². The molecule has 0 bridgehead atoms. The summed E-state index contributed by atoms with van der Waals surface area (Å²) in [7, 11) is 0. The van der Waals surface area contributed by atoms with Crippen molar-refractivity contribution < 1.29 is 9.13 Å². The number of aryl methyl sites for hydroxylation is 1. The van der Waals surface area contributed by atoms with Crippen molar-refractivity contribution in [3.05, 3.63) is 94.8 Å². The summed E-state index contributed by atoms with van der Waals surface area (Å²) in [5, 5.41) is 3.47. The molecule has 0 atom stereocenters. The van der Waals surface area contributed by atoms with Gasteiger partial charge >= 0.3 is 0 Å². The van der Waals surface area contributed by atoms with E-state index in [1.54, 1.807) is 12.1 Å². The summed E-state index contributed by atoms with van der Waals surface area (Å²) < 4.78 is 19.6. The molecule has 0 aliphatic carbocycles. The number of ether oxygens (including phenoxy) is 1. The van der Waals surface area contributed by atoms with Crippen LogP contribution in [0.25, 0.3) is 0 Å². The first-order valence-corrected chi connectivity index (χ1v) is 8.39. The Kier molecular flexibility index (Phi) is 5.34. The molecule has 0 aliphatic heterocycles. The van der Waals surface area contributed by atoms with Gasteiger partial charge in [0.05, 0.1) is 0 Å². The van der Waals surface area contributed by atoms with Crippen LogP contribution < -0.4 is 10.1 Å². The van der Waals surface area contributed by atoms with E-state index in [2.05, 4.69) is 31.3 Å². The lowest BCUT2D eigenvalue weighted by Crippen LogP contribution is -2.05. The third-order valence-electron chi connectivity index (χ3n) is 4.39. The Balaban J connectivity index is 1.70. The molecular formula is C22H22FNO. The van der Waals surface area contributed by atoms with E-state index in [0.717, 1.165) is 17.0 Å². The second kappa shape index (κ2) is 7.84. The van der Waals surface area contributed by atoms with E-state index in [4.69, 9.17) is 4.74 Å². The fourth-order valence-corrected chi connectivity index (χ4v) is 2.69. The van der Waals surface area contributed by atoms with Crippen LogP contribution >= 0.6 is 0 Å². The molecule has 0 aromatic heterocycles. The molecule has 1 N–H and O–H groups in total. The van der Waals surface area contributed by atoms with Crippen LogP contribution in [0.2, 0.25) is 0 Å². The molecule has 3 aromatic rings. The minimum atomic E-state index is -0.242. The first kappa shape index (κ1) is 17.0. The van der Waals surface area contributed by atoms with Gasteiger partial charge in [0.2, 0.25) is 0 Å². The van der Waals surface area contributed by atoms with Crippen molar-refractivity contribution in [1.82, 2.24) is 0 Å². The molecule has 0 unspecified atom stereocenters. The summed E-state index contributed by atoms with van der Waals surface area (Å²) in [6.45, 7) is 5.08. The highest BCUT2D eigenvalue weighted by atomic mass is 19.1. The molecule has 0 heterocycles. The first-order chi connectivity index (χ1) is 12.1. The summed E-state index contributed by atoms with van der Waals surface area (Å²) in [5.74, 6) is 0.525. The van der Waals surface area contributed by atoms with Crippen LogP contribution in [0.15, 0.2) is 66.7 Å². The standard InChI is InChI=1S/C22H22FNO/c1-16-8-7-12-21(17(16)2)24-14-18-9-4-6-13-22(18)25-15-19-10-3-5-11-20(19)23/h3-13,24H,14-15H2,1-2H3. The number of nitrogens with one attached hydrogen (secondary N) is 1. The van der Waals surface area contributed by atoms with E-state index in [1.807, 2.05) is 36.4 Å². The third-order valence-corrected chi connectivity index (χ3v) is 4.39. The molecule has 0 aliphatic rings. The van der Waals surface area contributed by atoms with E-state index in [9.17, 15) is 4.39 Å². The highest BCUT2D eigenvalue weighted by Gasteiger charge is 2.07. The number of anilines is 1. The number of hydrogen-bond donors (Lipinski definition) is 1. The fraction of sp³-hybridized carbons (Fsp3) is 0.182. The van der Waals surface area contributed by atoms with Crippen molar-refractivity contribution in [2.45, 2.75) is 27.0 Å². The SMILES string of the molecule is Cc1cccc(NCc2ccccc2OCc2ccccc2F)c1C. The quantitative estimate of drug-likeness (QED) is 0.630. The lowest BCUT2D eigenvalue weighted by Gasteiger charge is -2.15. The van der Waals surface area contributed by atoms with Crippen molar-refractivity contribution in [2.24, 2.45) is 0 Å². The van der Waals surface area contributed by atoms with Crippen LogP contribution in [0.1, 0.15) is 22.3 Å². The average Bonchev–Trinajstić information content (AvgIpc) is 2.63. The van der Waals surface area contributed by atoms with Gasteiger partial charge in [-0.25, -0.2) is 4.39 Å². The van der Waals surface area contributed by atoms with E-state index in [-0.39, 0.29) is 12.4 Å².